The summed E-state index contributed by atoms with van der Waals surface area (Å²) in [6.07, 6.45) is 4.59. The molecule has 2 N–H and O–H groups in total. The molecule has 1 rings (SSSR count). The van der Waals surface area contributed by atoms with Crippen LogP contribution in [0.3, 0.4) is 0 Å². The highest BCUT2D eigenvalue weighted by Gasteiger charge is 2.09. The van der Waals surface area contributed by atoms with Crippen LogP contribution in [0.1, 0.15) is 0 Å². The van der Waals surface area contributed by atoms with E-state index in [1.54, 1.807) is 24.6 Å². The predicted molar refractivity (Wildman–Crippen MR) is 80.8 cm³/mol. The SMILES string of the molecule is COc1ccc(N=C(NC#N)SC)cc1NS(C)(=O)=O. The van der Waals surface area contributed by atoms with Crippen LogP contribution in [-0.2, 0) is 10.0 Å². The molecule has 0 bridgehead atoms. The lowest BCUT2D eigenvalue weighted by molar-refractivity contribution is 0.417. The Bertz CT molecular complexity index is 650. The molecule has 0 fully saturated rings. The lowest BCUT2D eigenvalue weighted by atomic mass is 10.2. The molecule has 20 heavy (non-hydrogen) atoms. The molecule has 0 amide bonds. The van der Waals surface area contributed by atoms with Crippen molar-refractivity contribution >= 4 is 38.3 Å². The van der Waals surface area contributed by atoms with Crippen LogP contribution in [0.4, 0.5) is 11.4 Å². The van der Waals surface area contributed by atoms with E-state index in [9.17, 15) is 8.42 Å². The number of sulfonamides is 1. The van der Waals surface area contributed by atoms with Crippen LogP contribution in [0.15, 0.2) is 23.2 Å². The largest absolute Gasteiger partial charge is 0.495 e. The zero-order chi connectivity index (χ0) is 15.2. The van der Waals surface area contributed by atoms with Gasteiger partial charge in [-0.2, -0.15) is 5.26 Å². The zero-order valence-electron chi connectivity index (χ0n) is 11.2. The van der Waals surface area contributed by atoms with Crippen molar-refractivity contribution in [2.24, 2.45) is 4.99 Å². The van der Waals surface area contributed by atoms with Crippen molar-refractivity contribution < 1.29 is 13.2 Å². The quantitative estimate of drug-likeness (QED) is 0.378. The number of hydrogen-bond acceptors (Lipinski definition) is 6. The zero-order valence-corrected chi connectivity index (χ0v) is 12.8. The maximum absolute atomic E-state index is 11.3. The molecule has 108 valence electrons. The first-order valence-electron chi connectivity index (χ1n) is 5.33. The number of rotatable bonds is 4. The molecule has 7 nitrogen and oxygen atoms in total. The summed E-state index contributed by atoms with van der Waals surface area (Å²) < 4.78 is 30.0. The van der Waals surface area contributed by atoms with E-state index in [0.29, 0.717) is 16.6 Å². The van der Waals surface area contributed by atoms with Gasteiger partial charge in [0.05, 0.1) is 24.7 Å². The fourth-order valence-corrected chi connectivity index (χ4v) is 2.24. The molecular weight excluding hydrogens is 300 g/mol. The van der Waals surface area contributed by atoms with Crippen molar-refractivity contribution in [2.75, 3.05) is 24.3 Å². The van der Waals surface area contributed by atoms with Crippen molar-refractivity contribution in [2.45, 2.75) is 0 Å². The number of anilines is 1. The Morgan fingerprint density at radius 3 is 2.70 bits per heavy atom. The Morgan fingerprint density at radius 2 is 2.20 bits per heavy atom. The van der Waals surface area contributed by atoms with E-state index in [1.165, 1.54) is 24.9 Å². The van der Waals surface area contributed by atoms with E-state index in [4.69, 9.17) is 10.00 Å². The molecule has 0 aliphatic carbocycles. The molecule has 9 heteroatoms. The van der Waals surface area contributed by atoms with Crippen LogP contribution in [-0.4, -0.2) is 33.2 Å². The number of benzene rings is 1. The summed E-state index contributed by atoms with van der Waals surface area (Å²) in [5.74, 6) is 0.383. The minimum absolute atomic E-state index is 0.286. The van der Waals surface area contributed by atoms with E-state index in [2.05, 4.69) is 15.0 Å². The van der Waals surface area contributed by atoms with Crippen molar-refractivity contribution in [3.05, 3.63) is 18.2 Å². The number of nitrogens with zero attached hydrogens (tertiary/aromatic N) is 2. The highest BCUT2D eigenvalue weighted by atomic mass is 32.2. The molecule has 0 saturated carbocycles. The molecule has 0 radical (unpaired) electrons. The average Bonchev–Trinajstić information content (AvgIpc) is 2.36. The second-order valence-corrected chi connectivity index (χ2v) is 6.16. The lowest BCUT2D eigenvalue weighted by Crippen LogP contribution is -2.12. The average molecular weight is 314 g/mol. The van der Waals surface area contributed by atoms with Crippen molar-refractivity contribution in [1.29, 1.82) is 5.26 Å². The van der Waals surface area contributed by atoms with Crippen molar-refractivity contribution in [3.8, 4) is 11.9 Å². The van der Waals surface area contributed by atoms with Gasteiger partial charge in [-0.3, -0.25) is 10.0 Å². The maximum atomic E-state index is 11.3. The van der Waals surface area contributed by atoms with Crippen LogP contribution < -0.4 is 14.8 Å². The molecule has 0 atom stereocenters. The summed E-state index contributed by atoms with van der Waals surface area (Å²) >= 11 is 1.26. The molecule has 0 aliphatic heterocycles. The molecule has 0 saturated heterocycles. The van der Waals surface area contributed by atoms with Crippen LogP contribution in [0.5, 0.6) is 5.75 Å². The van der Waals surface area contributed by atoms with Crippen LogP contribution in [0, 0.1) is 11.5 Å². The second-order valence-electron chi connectivity index (χ2n) is 3.62. The first-order chi connectivity index (χ1) is 9.39. The minimum Gasteiger partial charge on any atom is -0.495 e. The Kier molecular flexibility index (Phi) is 5.66. The summed E-state index contributed by atoms with van der Waals surface area (Å²) in [6, 6.07) is 4.77. The second kappa shape index (κ2) is 7.02. The minimum atomic E-state index is -3.42. The summed E-state index contributed by atoms with van der Waals surface area (Å²) in [5.41, 5.74) is 0.776. The van der Waals surface area contributed by atoms with Gasteiger partial charge in [-0.25, -0.2) is 13.4 Å². The van der Waals surface area contributed by atoms with Crippen molar-refractivity contribution in [1.82, 2.24) is 5.32 Å². The van der Waals surface area contributed by atoms with Crippen LogP contribution in [0.25, 0.3) is 0 Å². The molecule has 0 aliphatic rings. The fourth-order valence-electron chi connectivity index (χ4n) is 1.33. The Morgan fingerprint density at radius 1 is 1.50 bits per heavy atom. The molecule has 0 spiro atoms. The third kappa shape index (κ3) is 4.99. The Balaban J connectivity index is 3.19. The first kappa shape index (κ1) is 16.1. The van der Waals surface area contributed by atoms with Gasteiger partial charge in [0.15, 0.2) is 11.4 Å². The predicted octanol–water partition coefficient (Wildman–Crippen LogP) is 1.49. The molecule has 0 heterocycles. The van der Waals surface area contributed by atoms with Crippen molar-refractivity contribution in [3.63, 3.8) is 0 Å². The number of methoxy groups -OCH3 is 1. The number of amidine groups is 1. The third-order valence-corrected chi connectivity index (χ3v) is 3.24. The molecule has 1 aromatic carbocycles. The summed E-state index contributed by atoms with van der Waals surface area (Å²) in [7, 11) is -1.98. The smallest absolute Gasteiger partial charge is 0.229 e. The van der Waals surface area contributed by atoms with Gasteiger partial charge in [0.25, 0.3) is 0 Å². The highest BCUT2D eigenvalue weighted by molar-refractivity contribution is 8.13. The normalized spacial score (nSPS) is 11.6. The maximum Gasteiger partial charge on any atom is 0.229 e. The van der Waals surface area contributed by atoms with Gasteiger partial charge >= 0.3 is 0 Å². The van der Waals surface area contributed by atoms with E-state index in [1.807, 2.05) is 0 Å². The van der Waals surface area contributed by atoms with Gasteiger partial charge in [-0.15, -0.1) is 0 Å². The molecule has 1 aromatic rings. The topological polar surface area (TPSA) is 104 Å². The van der Waals surface area contributed by atoms with Gasteiger partial charge in [-0.05, 0) is 24.5 Å². The Labute approximate surface area is 122 Å². The van der Waals surface area contributed by atoms with Crippen LogP contribution in [0.2, 0.25) is 0 Å². The number of nitrogens with one attached hydrogen (secondary N) is 2. The fraction of sp³-hybridized carbons (Fsp3) is 0.273. The van der Waals surface area contributed by atoms with E-state index in [-0.39, 0.29) is 5.69 Å². The van der Waals surface area contributed by atoms with E-state index >= 15 is 0 Å². The number of nitriles is 1. The monoisotopic (exact) mass is 314 g/mol. The molecule has 0 aromatic heterocycles. The van der Waals surface area contributed by atoms with Gasteiger partial charge in [-0.1, -0.05) is 11.8 Å². The highest BCUT2D eigenvalue weighted by Crippen LogP contribution is 2.30. The van der Waals surface area contributed by atoms with Gasteiger partial charge < -0.3 is 4.74 Å². The molecule has 0 unspecified atom stereocenters. The Hall–Kier alpha value is -1.92. The standard InChI is InChI=1S/C11H14N4O3S2/c1-18-10-5-4-8(14-11(19-2)13-7-12)6-9(10)15-20(3,16)17/h4-6,15H,1-3H3,(H,13,14). The van der Waals surface area contributed by atoms with E-state index in [0.717, 1.165) is 6.26 Å². The number of ether oxygens (including phenoxy) is 1. The number of hydrogen-bond donors (Lipinski definition) is 2. The van der Waals surface area contributed by atoms with E-state index < -0.39 is 10.0 Å². The number of aliphatic imine (C=N–C) groups is 1. The summed E-state index contributed by atoms with van der Waals surface area (Å²) in [4.78, 5) is 4.19. The van der Waals surface area contributed by atoms with Crippen LogP contribution >= 0.6 is 11.8 Å². The van der Waals surface area contributed by atoms with Gasteiger partial charge in [0.1, 0.15) is 5.75 Å². The summed E-state index contributed by atoms with van der Waals surface area (Å²) in [6.45, 7) is 0. The number of thioether (sulfide) groups is 1. The molecular formula is C11H14N4O3S2. The first-order valence-corrected chi connectivity index (χ1v) is 8.45. The van der Waals surface area contributed by atoms with Gasteiger partial charge in [0, 0.05) is 0 Å². The summed E-state index contributed by atoms with van der Waals surface area (Å²) in [5, 5.41) is 11.4. The third-order valence-electron chi connectivity index (χ3n) is 2.07. The lowest BCUT2D eigenvalue weighted by Gasteiger charge is -2.10. The van der Waals surface area contributed by atoms with Gasteiger partial charge in [0.2, 0.25) is 10.0 Å².